The molecule has 0 bridgehead atoms. The lowest BCUT2D eigenvalue weighted by molar-refractivity contribution is -0.147. The van der Waals surface area contributed by atoms with E-state index in [0.29, 0.717) is 29.6 Å². The molecule has 7 rings (SSSR count). The van der Waals surface area contributed by atoms with E-state index >= 15 is 8.78 Å². The molecule has 0 saturated heterocycles. The second-order valence-electron chi connectivity index (χ2n) is 12.8. The molecular formula is C41H34F2N4O2. The number of imidazole rings is 1. The molecule has 0 amide bonds. The van der Waals surface area contributed by atoms with E-state index in [-0.39, 0.29) is 11.3 Å². The smallest absolute Gasteiger partial charge is 0.309 e. The summed E-state index contributed by atoms with van der Waals surface area (Å²) in [6.07, 6.45) is 3.97. The predicted octanol–water partition coefficient (Wildman–Crippen LogP) is 9.19. The van der Waals surface area contributed by atoms with Crippen molar-refractivity contribution in [2.24, 2.45) is 5.41 Å². The zero-order valence-electron chi connectivity index (χ0n) is 27.1. The average Bonchev–Trinajstić information content (AvgIpc) is 3.74. The molecule has 5 aromatic carbocycles. The minimum absolute atomic E-state index is 0.157. The third-order valence-electron chi connectivity index (χ3n) is 9.32. The van der Waals surface area contributed by atoms with Crippen LogP contribution in [0.4, 0.5) is 8.78 Å². The Morgan fingerprint density at radius 2 is 1.31 bits per heavy atom. The number of carbonyl (C=O) groups is 1. The van der Waals surface area contributed by atoms with E-state index in [2.05, 4.69) is 4.98 Å². The molecule has 0 radical (unpaired) electrons. The van der Waals surface area contributed by atoms with Gasteiger partial charge >= 0.3 is 5.97 Å². The minimum atomic E-state index is -1.01. The molecule has 0 spiro atoms. The standard InChI is InChI=1S/C41H34F2N4O2/c1-40(2,39(48)49)23-24-46-27-44-35-25-28(21-22-36(35)46)32-26-47(45-38(32)37-33(42)19-12-20-34(37)43)41(29-13-6-3-7-14-29,30-15-8-4-9-16-30)31-17-10-5-11-18-31/h3-22,25-27H,23-24H2,1-2H3,(H,48,49). The minimum Gasteiger partial charge on any atom is -0.481 e. The lowest BCUT2D eigenvalue weighted by atomic mass is 9.77. The first-order chi connectivity index (χ1) is 23.7. The van der Waals surface area contributed by atoms with Crippen LogP contribution in [0.5, 0.6) is 0 Å². The second-order valence-corrected chi connectivity index (χ2v) is 12.8. The molecule has 0 saturated carbocycles. The molecule has 8 heteroatoms. The Morgan fingerprint density at radius 1 is 0.755 bits per heavy atom. The molecule has 7 aromatic rings. The van der Waals surface area contributed by atoms with Crippen molar-refractivity contribution in [1.82, 2.24) is 19.3 Å². The first-order valence-electron chi connectivity index (χ1n) is 16.1. The van der Waals surface area contributed by atoms with E-state index in [0.717, 1.165) is 22.2 Å². The van der Waals surface area contributed by atoms with Gasteiger partial charge in [0, 0.05) is 18.3 Å². The SMILES string of the molecule is CC(C)(CCn1cnc2cc(-c3cn(C(c4ccccc4)(c4ccccc4)c4ccccc4)nc3-c3c(F)cccc3F)ccc21)C(=O)O. The van der Waals surface area contributed by atoms with Gasteiger partial charge in [-0.15, -0.1) is 0 Å². The molecule has 0 aliphatic rings. The Hall–Kier alpha value is -5.89. The van der Waals surface area contributed by atoms with Crippen molar-refractivity contribution in [3.63, 3.8) is 0 Å². The van der Waals surface area contributed by atoms with Crippen LogP contribution in [-0.4, -0.2) is 30.4 Å². The third kappa shape index (κ3) is 5.59. The van der Waals surface area contributed by atoms with E-state index in [1.807, 2.05) is 125 Å². The second kappa shape index (κ2) is 12.6. The summed E-state index contributed by atoms with van der Waals surface area (Å²) in [5.41, 5.74) is 3.47. The van der Waals surface area contributed by atoms with Crippen LogP contribution < -0.4 is 0 Å². The van der Waals surface area contributed by atoms with Gasteiger partial charge in [0.15, 0.2) is 0 Å². The molecule has 49 heavy (non-hydrogen) atoms. The highest BCUT2D eigenvalue weighted by Crippen LogP contribution is 2.44. The monoisotopic (exact) mass is 652 g/mol. The molecule has 1 N–H and O–H groups in total. The lowest BCUT2D eigenvalue weighted by Gasteiger charge is -2.36. The number of hydrogen-bond acceptors (Lipinski definition) is 3. The molecule has 2 heterocycles. The predicted molar refractivity (Wildman–Crippen MR) is 187 cm³/mol. The highest BCUT2D eigenvalue weighted by Gasteiger charge is 2.40. The van der Waals surface area contributed by atoms with Gasteiger partial charge in [-0.25, -0.2) is 13.8 Å². The Morgan fingerprint density at radius 3 is 1.84 bits per heavy atom. The summed E-state index contributed by atoms with van der Waals surface area (Å²) in [6.45, 7) is 3.87. The number of aromatic nitrogens is 4. The van der Waals surface area contributed by atoms with Crippen LogP contribution in [0.3, 0.4) is 0 Å². The largest absolute Gasteiger partial charge is 0.481 e. The number of carboxylic acids is 1. The zero-order valence-corrected chi connectivity index (χ0v) is 27.1. The summed E-state index contributed by atoms with van der Waals surface area (Å²) in [6, 6.07) is 39.4. The van der Waals surface area contributed by atoms with Crippen molar-refractivity contribution in [3.8, 4) is 22.4 Å². The fraction of sp³-hybridized carbons (Fsp3) is 0.146. The van der Waals surface area contributed by atoms with Gasteiger partial charge in [0.2, 0.25) is 0 Å². The number of aliphatic carboxylic acids is 1. The van der Waals surface area contributed by atoms with E-state index in [9.17, 15) is 9.90 Å². The maximum absolute atomic E-state index is 15.7. The molecular weight excluding hydrogens is 618 g/mol. The average molecular weight is 653 g/mol. The van der Waals surface area contributed by atoms with Crippen LogP contribution in [0, 0.1) is 17.0 Å². The fourth-order valence-corrected chi connectivity index (χ4v) is 6.52. The summed E-state index contributed by atoms with van der Waals surface area (Å²) in [7, 11) is 0. The topological polar surface area (TPSA) is 72.9 Å². The summed E-state index contributed by atoms with van der Waals surface area (Å²) in [5, 5.41) is 14.7. The number of rotatable bonds is 10. The number of halogens is 2. The normalized spacial score (nSPS) is 12.0. The van der Waals surface area contributed by atoms with Crippen molar-refractivity contribution >= 4 is 17.0 Å². The molecule has 0 aliphatic heterocycles. The van der Waals surface area contributed by atoms with Crippen LogP contribution >= 0.6 is 0 Å². The van der Waals surface area contributed by atoms with Gasteiger partial charge in [0.1, 0.15) is 22.9 Å². The van der Waals surface area contributed by atoms with Crippen molar-refractivity contribution < 1.29 is 18.7 Å². The molecule has 0 fully saturated rings. The first-order valence-corrected chi connectivity index (χ1v) is 16.1. The molecule has 0 aliphatic carbocycles. The maximum atomic E-state index is 15.7. The third-order valence-corrected chi connectivity index (χ3v) is 9.32. The quantitative estimate of drug-likeness (QED) is 0.150. The Kier molecular flexibility index (Phi) is 8.16. The maximum Gasteiger partial charge on any atom is 0.309 e. The number of nitrogens with zero attached hydrogens (tertiary/aromatic N) is 4. The molecule has 6 nitrogen and oxygen atoms in total. The van der Waals surface area contributed by atoms with Crippen molar-refractivity contribution in [1.29, 1.82) is 0 Å². The highest BCUT2D eigenvalue weighted by molar-refractivity contribution is 5.87. The number of aryl methyl sites for hydroxylation is 1. The van der Waals surface area contributed by atoms with Crippen molar-refractivity contribution in [3.05, 3.63) is 168 Å². The van der Waals surface area contributed by atoms with Crippen LogP contribution in [0.2, 0.25) is 0 Å². The van der Waals surface area contributed by atoms with Crippen molar-refractivity contribution in [2.75, 3.05) is 0 Å². The molecule has 244 valence electrons. The van der Waals surface area contributed by atoms with Gasteiger partial charge in [-0.1, -0.05) is 103 Å². The summed E-state index contributed by atoms with van der Waals surface area (Å²) in [4.78, 5) is 16.3. The summed E-state index contributed by atoms with van der Waals surface area (Å²) in [5.74, 6) is -2.30. The van der Waals surface area contributed by atoms with Gasteiger partial charge in [-0.2, -0.15) is 5.10 Å². The van der Waals surface area contributed by atoms with Gasteiger partial charge < -0.3 is 9.67 Å². The number of carboxylic acid groups (broad SMARTS) is 1. The van der Waals surface area contributed by atoms with Crippen LogP contribution in [0.15, 0.2) is 140 Å². The molecule has 2 aromatic heterocycles. The molecule has 0 unspecified atom stereocenters. The summed E-state index contributed by atoms with van der Waals surface area (Å²) >= 11 is 0. The number of benzene rings is 5. The van der Waals surface area contributed by atoms with Gasteiger partial charge in [0.25, 0.3) is 0 Å². The van der Waals surface area contributed by atoms with Gasteiger partial charge in [-0.05, 0) is 66.8 Å². The van der Waals surface area contributed by atoms with E-state index in [1.54, 1.807) is 20.2 Å². The Balaban J connectivity index is 1.47. The first kappa shape index (κ1) is 31.7. The zero-order chi connectivity index (χ0) is 34.2. The number of fused-ring (bicyclic) bond motifs is 1. The van der Waals surface area contributed by atoms with E-state index < -0.39 is 28.6 Å². The van der Waals surface area contributed by atoms with Crippen LogP contribution in [0.25, 0.3) is 33.4 Å². The molecule has 0 atom stereocenters. The van der Waals surface area contributed by atoms with Crippen LogP contribution in [-0.2, 0) is 16.9 Å². The van der Waals surface area contributed by atoms with E-state index in [4.69, 9.17) is 5.10 Å². The van der Waals surface area contributed by atoms with Crippen LogP contribution in [0.1, 0.15) is 37.0 Å². The summed E-state index contributed by atoms with van der Waals surface area (Å²) < 4.78 is 35.1. The van der Waals surface area contributed by atoms with Crippen molar-refractivity contribution in [2.45, 2.75) is 32.4 Å². The Labute approximate surface area is 282 Å². The highest BCUT2D eigenvalue weighted by atomic mass is 19.1. The van der Waals surface area contributed by atoms with Gasteiger partial charge in [-0.3, -0.25) is 9.48 Å². The number of hydrogen-bond donors (Lipinski definition) is 1. The fourth-order valence-electron chi connectivity index (χ4n) is 6.52. The lowest BCUT2D eigenvalue weighted by Crippen LogP contribution is -2.38. The van der Waals surface area contributed by atoms with E-state index in [1.165, 1.54) is 18.2 Å². The Bertz CT molecular complexity index is 2140. The van der Waals surface area contributed by atoms with Gasteiger partial charge in [0.05, 0.1) is 28.3 Å².